The summed E-state index contributed by atoms with van der Waals surface area (Å²) in [5.74, 6) is 1.08. The number of H-pyrrole nitrogens is 1. The maximum atomic E-state index is 9.39. The molecule has 166 valence electrons. The minimum atomic E-state index is 0. The highest BCUT2D eigenvalue weighted by Gasteiger charge is 2.22. The van der Waals surface area contributed by atoms with Crippen molar-refractivity contribution in [3.63, 3.8) is 0 Å². The average Bonchev–Trinajstić information content (AvgIpc) is 3.46. The summed E-state index contributed by atoms with van der Waals surface area (Å²) in [4.78, 5) is 23.8. The molecule has 31 heavy (non-hydrogen) atoms. The summed E-state index contributed by atoms with van der Waals surface area (Å²) < 4.78 is 2.13. The number of aliphatic hydroxyl groups is 1. The lowest BCUT2D eigenvalue weighted by Gasteiger charge is -2.31. The van der Waals surface area contributed by atoms with E-state index in [0.717, 1.165) is 60.3 Å². The van der Waals surface area contributed by atoms with Crippen molar-refractivity contribution in [2.24, 2.45) is 5.92 Å². The second-order valence-corrected chi connectivity index (χ2v) is 7.32. The van der Waals surface area contributed by atoms with E-state index in [1.807, 2.05) is 20.2 Å². The van der Waals surface area contributed by atoms with Gasteiger partial charge >= 0.3 is 0 Å². The zero-order valence-electron chi connectivity index (χ0n) is 17.8. The number of aromatic nitrogens is 6. The van der Waals surface area contributed by atoms with Gasteiger partial charge in [0.1, 0.15) is 11.2 Å². The van der Waals surface area contributed by atoms with E-state index in [2.05, 4.69) is 54.5 Å². The van der Waals surface area contributed by atoms with Crippen LogP contribution >= 0.6 is 0 Å². The molecule has 5 rings (SSSR count). The minimum absolute atomic E-state index is 0. The van der Waals surface area contributed by atoms with Crippen LogP contribution in [0.2, 0.25) is 0 Å². The quantitative estimate of drug-likeness (QED) is 0.509. The summed E-state index contributed by atoms with van der Waals surface area (Å²) in [6.45, 7) is 8.95. The van der Waals surface area contributed by atoms with Crippen LogP contribution < -0.4 is 4.90 Å². The third-order valence-electron chi connectivity index (χ3n) is 5.66. The molecule has 0 spiro atoms. The topological polar surface area (TPSA) is 95.8 Å². The fraction of sp³-hybridized carbons (Fsp3) is 0.478. The molecule has 1 aliphatic rings. The van der Waals surface area contributed by atoms with Crippen LogP contribution in [-0.4, -0.2) is 54.3 Å². The SMILES string of the molecule is C.CC.CCn1cnc2cc(-c3nc(N4CCC(CO)CC4)nc4nc[nH]c34)ccc21. The van der Waals surface area contributed by atoms with Crippen LogP contribution in [0.5, 0.6) is 0 Å². The van der Waals surface area contributed by atoms with Gasteiger partial charge in [0.2, 0.25) is 5.95 Å². The zero-order valence-corrected chi connectivity index (χ0v) is 17.8. The van der Waals surface area contributed by atoms with Gasteiger partial charge in [0.15, 0.2) is 5.65 Å². The smallest absolute Gasteiger partial charge is 0.228 e. The Balaban J connectivity index is 0.000000883. The lowest BCUT2D eigenvalue weighted by Crippen LogP contribution is -2.35. The lowest BCUT2D eigenvalue weighted by atomic mass is 9.98. The second kappa shape index (κ2) is 9.87. The molecule has 1 aromatic carbocycles. The molecule has 4 aromatic rings. The van der Waals surface area contributed by atoms with Gasteiger partial charge in [-0.1, -0.05) is 27.3 Å². The monoisotopic (exact) mass is 423 g/mol. The molecule has 0 saturated carbocycles. The number of aryl methyl sites for hydroxylation is 1. The summed E-state index contributed by atoms with van der Waals surface area (Å²) in [6, 6.07) is 6.25. The number of rotatable bonds is 4. The van der Waals surface area contributed by atoms with Crippen LogP contribution in [0.1, 0.15) is 41.0 Å². The van der Waals surface area contributed by atoms with Gasteiger partial charge in [0.05, 0.1) is 23.7 Å². The maximum Gasteiger partial charge on any atom is 0.228 e. The molecular weight excluding hydrogens is 390 g/mol. The number of fused-ring (bicyclic) bond motifs is 2. The summed E-state index contributed by atoms with van der Waals surface area (Å²) in [5.41, 5.74) is 5.42. The molecule has 8 nitrogen and oxygen atoms in total. The van der Waals surface area contributed by atoms with Crippen molar-refractivity contribution in [1.29, 1.82) is 0 Å². The van der Waals surface area contributed by atoms with Crippen LogP contribution in [0.15, 0.2) is 30.9 Å². The van der Waals surface area contributed by atoms with Gasteiger partial charge in [-0.2, -0.15) is 4.98 Å². The highest BCUT2D eigenvalue weighted by molar-refractivity contribution is 5.91. The van der Waals surface area contributed by atoms with E-state index in [1.165, 1.54) is 0 Å². The van der Waals surface area contributed by atoms with Gasteiger partial charge in [-0.25, -0.2) is 15.0 Å². The summed E-state index contributed by atoms with van der Waals surface area (Å²) in [5, 5.41) is 9.39. The van der Waals surface area contributed by atoms with E-state index in [9.17, 15) is 5.11 Å². The Hall–Kier alpha value is -3.00. The Bertz CT molecular complexity index is 1130. The first-order chi connectivity index (χ1) is 14.8. The molecule has 3 aromatic heterocycles. The van der Waals surface area contributed by atoms with Gasteiger partial charge in [0, 0.05) is 31.8 Å². The predicted molar refractivity (Wildman–Crippen MR) is 126 cm³/mol. The van der Waals surface area contributed by atoms with Crippen LogP contribution in [-0.2, 0) is 6.54 Å². The predicted octanol–water partition coefficient (Wildman–Crippen LogP) is 4.26. The Labute approximate surface area is 183 Å². The Morgan fingerprint density at radius 3 is 2.61 bits per heavy atom. The molecule has 0 atom stereocenters. The summed E-state index contributed by atoms with van der Waals surface area (Å²) in [7, 11) is 0. The normalized spacial score (nSPS) is 14.4. The molecule has 1 saturated heterocycles. The van der Waals surface area contributed by atoms with Crippen molar-refractivity contribution in [3.8, 4) is 11.3 Å². The molecule has 0 unspecified atom stereocenters. The van der Waals surface area contributed by atoms with Gasteiger partial charge in [-0.3, -0.25) is 0 Å². The van der Waals surface area contributed by atoms with E-state index in [0.29, 0.717) is 17.5 Å². The van der Waals surface area contributed by atoms with Gasteiger partial charge < -0.3 is 19.6 Å². The number of aliphatic hydroxyl groups excluding tert-OH is 1. The number of nitrogens with one attached hydrogen (secondary N) is 1. The van der Waals surface area contributed by atoms with E-state index < -0.39 is 0 Å². The summed E-state index contributed by atoms with van der Waals surface area (Å²) in [6.07, 6.45) is 5.44. The van der Waals surface area contributed by atoms with Gasteiger partial charge in [-0.05, 0) is 37.8 Å². The van der Waals surface area contributed by atoms with Crippen LogP contribution in [0.25, 0.3) is 33.5 Å². The molecule has 2 N–H and O–H groups in total. The number of aromatic amines is 1. The molecule has 0 radical (unpaired) electrons. The standard InChI is InChI=1S/C20H23N7O.C2H6.CH4/c1-2-26-12-23-15-9-14(3-4-16(15)26)17-18-19(22-11-21-18)25-20(24-17)27-7-5-13(10-28)6-8-27;1-2;/h3-4,9,11-13,28H,2,5-8,10H2,1H3,(H,21,22,24,25);1-2H3;1H4. The Morgan fingerprint density at radius 1 is 1.13 bits per heavy atom. The molecule has 1 fully saturated rings. The third-order valence-corrected chi connectivity index (χ3v) is 5.66. The van der Waals surface area contributed by atoms with Gasteiger partial charge in [0.25, 0.3) is 0 Å². The number of imidazole rings is 2. The molecule has 1 aliphatic heterocycles. The number of benzene rings is 1. The third kappa shape index (κ3) is 4.25. The largest absolute Gasteiger partial charge is 0.396 e. The van der Waals surface area contributed by atoms with E-state index >= 15 is 0 Å². The highest BCUT2D eigenvalue weighted by Crippen LogP contribution is 2.30. The molecule has 0 aliphatic carbocycles. The fourth-order valence-corrected chi connectivity index (χ4v) is 3.95. The molecule has 8 heteroatoms. The van der Waals surface area contributed by atoms with Crippen LogP contribution in [0.3, 0.4) is 0 Å². The first-order valence-corrected chi connectivity index (χ1v) is 10.8. The van der Waals surface area contributed by atoms with Crippen molar-refractivity contribution in [3.05, 3.63) is 30.9 Å². The average molecular weight is 424 g/mol. The molecular formula is C23H33N7O. The van der Waals surface area contributed by atoms with Crippen molar-refractivity contribution in [2.75, 3.05) is 24.6 Å². The van der Waals surface area contributed by atoms with Crippen LogP contribution in [0.4, 0.5) is 5.95 Å². The fourth-order valence-electron chi connectivity index (χ4n) is 3.95. The Kier molecular flexibility index (Phi) is 7.22. The van der Waals surface area contributed by atoms with E-state index in [1.54, 1.807) is 6.33 Å². The summed E-state index contributed by atoms with van der Waals surface area (Å²) >= 11 is 0. The second-order valence-electron chi connectivity index (χ2n) is 7.32. The molecule has 0 bridgehead atoms. The number of piperidine rings is 1. The Morgan fingerprint density at radius 2 is 1.90 bits per heavy atom. The van der Waals surface area contributed by atoms with E-state index in [-0.39, 0.29) is 14.0 Å². The van der Waals surface area contributed by atoms with Crippen LogP contribution in [0, 0.1) is 5.92 Å². The molecule has 0 amide bonds. The minimum Gasteiger partial charge on any atom is -0.396 e. The van der Waals surface area contributed by atoms with Crippen molar-refractivity contribution < 1.29 is 5.11 Å². The van der Waals surface area contributed by atoms with Crippen molar-refractivity contribution in [1.82, 2.24) is 29.5 Å². The van der Waals surface area contributed by atoms with Crippen molar-refractivity contribution >= 4 is 28.1 Å². The first-order valence-electron chi connectivity index (χ1n) is 10.8. The number of anilines is 1. The van der Waals surface area contributed by atoms with Gasteiger partial charge in [-0.15, -0.1) is 0 Å². The molecule has 4 heterocycles. The van der Waals surface area contributed by atoms with Crippen molar-refractivity contribution in [2.45, 2.75) is 47.6 Å². The number of hydrogen-bond donors (Lipinski definition) is 2. The lowest BCUT2D eigenvalue weighted by molar-refractivity contribution is 0.202. The maximum absolute atomic E-state index is 9.39. The number of nitrogens with zero attached hydrogens (tertiary/aromatic N) is 6. The first kappa shape index (κ1) is 22.7. The van der Waals surface area contributed by atoms with E-state index in [4.69, 9.17) is 4.98 Å². The highest BCUT2D eigenvalue weighted by atomic mass is 16.3. The number of hydrogen-bond acceptors (Lipinski definition) is 6. The zero-order chi connectivity index (χ0) is 21.1.